The van der Waals surface area contributed by atoms with Crippen molar-refractivity contribution in [2.75, 3.05) is 34.8 Å². The van der Waals surface area contributed by atoms with Crippen LogP contribution in [-0.4, -0.2) is 40.1 Å². The monoisotopic (exact) mass is 419 g/mol. The number of nitrogens with one attached hydrogen (secondary N) is 2. The summed E-state index contributed by atoms with van der Waals surface area (Å²) in [5.41, 5.74) is 1.61. The average Bonchev–Trinajstić information content (AvgIpc) is 2.64. The number of nitrogens with zero attached hydrogens (tertiary/aromatic N) is 1. The number of anilines is 3. The van der Waals surface area contributed by atoms with Gasteiger partial charge in [0.05, 0.1) is 19.1 Å². The molecule has 0 saturated carbocycles. The molecule has 0 bridgehead atoms. The Morgan fingerprint density at radius 2 is 1.69 bits per heavy atom. The quantitative estimate of drug-likeness (QED) is 0.650. The summed E-state index contributed by atoms with van der Waals surface area (Å²) in [4.78, 5) is 23.4. The van der Waals surface area contributed by atoms with E-state index < -0.39 is 10.0 Å². The van der Waals surface area contributed by atoms with Crippen LogP contribution < -0.4 is 19.7 Å². The zero-order chi connectivity index (χ0) is 21.4. The van der Waals surface area contributed by atoms with Crippen molar-refractivity contribution in [1.82, 2.24) is 0 Å². The van der Waals surface area contributed by atoms with E-state index in [9.17, 15) is 18.0 Å². The molecule has 2 N–H and O–H groups in total. The molecule has 0 aliphatic carbocycles. The molecule has 0 fully saturated rings. The first kappa shape index (κ1) is 22.2. The van der Waals surface area contributed by atoms with Crippen LogP contribution in [0.15, 0.2) is 48.5 Å². The third kappa shape index (κ3) is 7.11. The van der Waals surface area contributed by atoms with Gasteiger partial charge in [0.25, 0.3) is 0 Å². The van der Waals surface area contributed by atoms with E-state index in [0.717, 1.165) is 6.26 Å². The van der Waals surface area contributed by atoms with E-state index >= 15 is 0 Å². The number of ether oxygens (including phenoxy) is 1. The molecule has 2 aromatic carbocycles. The van der Waals surface area contributed by atoms with Crippen LogP contribution in [0.25, 0.3) is 0 Å². The highest BCUT2D eigenvalue weighted by Gasteiger charge is 2.18. The fourth-order valence-electron chi connectivity index (χ4n) is 2.74. The molecule has 2 aromatic rings. The summed E-state index contributed by atoms with van der Waals surface area (Å²) >= 11 is 0. The van der Waals surface area contributed by atoms with Gasteiger partial charge in [-0.15, -0.1) is 0 Å². The molecule has 0 spiro atoms. The predicted molar refractivity (Wildman–Crippen MR) is 114 cm³/mol. The zero-order valence-electron chi connectivity index (χ0n) is 16.6. The lowest BCUT2D eigenvalue weighted by Gasteiger charge is -2.22. The Labute approximate surface area is 170 Å². The maximum absolute atomic E-state index is 12.2. The van der Waals surface area contributed by atoms with E-state index in [1.165, 1.54) is 18.3 Å². The SMILES string of the molecule is COc1cccc(N(CCCC(=O)Nc2cccc(NC(C)=O)c2)S(C)(=O)=O)c1. The summed E-state index contributed by atoms with van der Waals surface area (Å²) in [6, 6.07) is 13.5. The third-order valence-corrected chi connectivity index (χ3v) is 5.17. The average molecular weight is 420 g/mol. The van der Waals surface area contributed by atoms with Gasteiger partial charge in [-0.1, -0.05) is 12.1 Å². The molecule has 0 aliphatic heterocycles. The molecule has 0 atom stereocenters. The Kier molecular flexibility index (Phi) is 7.60. The topological polar surface area (TPSA) is 105 Å². The largest absolute Gasteiger partial charge is 0.497 e. The number of hydrogen-bond acceptors (Lipinski definition) is 5. The van der Waals surface area contributed by atoms with Gasteiger partial charge in [-0.05, 0) is 36.8 Å². The van der Waals surface area contributed by atoms with Crippen LogP contribution in [0.3, 0.4) is 0 Å². The summed E-state index contributed by atoms with van der Waals surface area (Å²) in [7, 11) is -2.00. The first-order valence-electron chi connectivity index (χ1n) is 8.98. The van der Waals surface area contributed by atoms with Crippen molar-refractivity contribution in [3.05, 3.63) is 48.5 Å². The van der Waals surface area contributed by atoms with Crippen molar-refractivity contribution in [2.45, 2.75) is 19.8 Å². The molecule has 2 amide bonds. The van der Waals surface area contributed by atoms with Gasteiger partial charge in [0.15, 0.2) is 0 Å². The van der Waals surface area contributed by atoms with E-state index in [-0.39, 0.29) is 24.8 Å². The molecule has 0 radical (unpaired) electrons. The van der Waals surface area contributed by atoms with Crippen LogP contribution in [0, 0.1) is 0 Å². The van der Waals surface area contributed by atoms with E-state index in [1.807, 2.05) is 0 Å². The smallest absolute Gasteiger partial charge is 0.232 e. The van der Waals surface area contributed by atoms with Gasteiger partial charge in [-0.3, -0.25) is 13.9 Å². The molecule has 0 aliphatic rings. The lowest BCUT2D eigenvalue weighted by atomic mass is 10.2. The van der Waals surface area contributed by atoms with E-state index in [0.29, 0.717) is 29.2 Å². The maximum Gasteiger partial charge on any atom is 0.232 e. The second kappa shape index (κ2) is 9.92. The summed E-state index contributed by atoms with van der Waals surface area (Å²) in [6.45, 7) is 1.56. The first-order chi connectivity index (χ1) is 13.7. The number of carbonyl (C=O) groups excluding carboxylic acids is 2. The highest BCUT2D eigenvalue weighted by Crippen LogP contribution is 2.23. The first-order valence-corrected chi connectivity index (χ1v) is 10.8. The lowest BCUT2D eigenvalue weighted by Crippen LogP contribution is -2.31. The highest BCUT2D eigenvalue weighted by atomic mass is 32.2. The molecule has 9 heteroatoms. The summed E-state index contributed by atoms with van der Waals surface area (Å²) in [5, 5.41) is 5.39. The van der Waals surface area contributed by atoms with Crippen LogP contribution in [0.4, 0.5) is 17.1 Å². The van der Waals surface area contributed by atoms with Crippen LogP contribution in [-0.2, 0) is 19.6 Å². The van der Waals surface area contributed by atoms with Gasteiger partial charge >= 0.3 is 0 Å². The maximum atomic E-state index is 12.2. The van der Waals surface area contributed by atoms with Crippen molar-refractivity contribution < 1.29 is 22.7 Å². The minimum atomic E-state index is -3.51. The fourth-order valence-corrected chi connectivity index (χ4v) is 3.69. The van der Waals surface area contributed by atoms with Gasteiger partial charge in [-0.25, -0.2) is 8.42 Å². The number of sulfonamides is 1. The molecule has 2 rings (SSSR count). The molecule has 156 valence electrons. The molecule has 8 nitrogen and oxygen atoms in total. The Hall–Kier alpha value is -3.07. The van der Waals surface area contributed by atoms with Crippen LogP contribution >= 0.6 is 0 Å². The minimum absolute atomic E-state index is 0.139. The number of methoxy groups -OCH3 is 1. The molecule has 0 unspecified atom stereocenters. The number of amides is 2. The highest BCUT2D eigenvalue weighted by molar-refractivity contribution is 7.92. The number of benzene rings is 2. The zero-order valence-corrected chi connectivity index (χ0v) is 17.5. The van der Waals surface area contributed by atoms with Crippen molar-refractivity contribution in [1.29, 1.82) is 0 Å². The van der Waals surface area contributed by atoms with Gasteiger partial charge in [0.1, 0.15) is 5.75 Å². The second-order valence-electron chi connectivity index (χ2n) is 6.45. The summed E-state index contributed by atoms with van der Waals surface area (Å²) in [6.07, 6.45) is 1.60. The van der Waals surface area contributed by atoms with Crippen LogP contribution in [0.1, 0.15) is 19.8 Å². The van der Waals surface area contributed by atoms with E-state index in [4.69, 9.17) is 4.74 Å². The Balaban J connectivity index is 1.97. The van der Waals surface area contributed by atoms with Gasteiger partial charge in [0, 0.05) is 37.3 Å². The fraction of sp³-hybridized carbons (Fsp3) is 0.300. The van der Waals surface area contributed by atoms with E-state index in [1.54, 1.807) is 48.5 Å². The second-order valence-corrected chi connectivity index (χ2v) is 8.36. The molecule has 0 saturated heterocycles. The lowest BCUT2D eigenvalue weighted by molar-refractivity contribution is -0.116. The van der Waals surface area contributed by atoms with Gasteiger partial charge in [-0.2, -0.15) is 0 Å². The Bertz CT molecular complexity index is 976. The molecule has 29 heavy (non-hydrogen) atoms. The van der Waals surface area contributed by atoms with Crippen molar-refractivity contribution in [3.8, 4) is 5.75 Å². The molecular formula is C20H25N3O5S. The number of carbonyl (C=O) groups is 2. The predicted octanol–water partition coefficient (Wildman–Crippen LogP) is 2.84. The van der Waals surface area contributed by atoms with E-state index in [2.05, 4.69) is 10.6 Å². The number of hydrogen-bond donors (Lipinski definition) is 2. The molecule has 0 heterocycles. The van der Waals surface area contributed by atoms with Crippen LogP contribution in [0.2, 0.25) is 0 Å². The van der Waals surface area contributed by atoms with Crippen LogP contribution in [0.5, 0.6) is 5.75 Å². The van der Waals surface area contributed by atoms with Gasteiger partial charge < -0.3 is 15.4 Å². The van der Waals surface area contributed by atoms with Crippen molar-refractivity contribution in [2.24, 2.45) is 0 Å². The normalized spacial score (nSPS) is 10.9. The van der Waals surface area contributed by atoms with Crippen molar-refractivity contribution >= 4 is 38.9 Å². The Morgan fingerprint density at radius 1 is 1.03 bits per heavy atom. The minimum Gasteiger partial charge on any atom is -0.497 e. The third-order valence-electron chi connectivity index (χ3n) is 3.97. The molecular weight excluding hydrogens is 394 g/mol. The molecule has 0 aromatic heterocycles. The van der Waals surface area contributed by atoms with Gasteiger partial charge in [0.2, 0.25) is 21.8 Å². The Morgan fingerprint density at radius 3 is 2.31 bits per heavy atom. The summed E-state index contributed by atoms with van der Waals surface area (Å²) < 4.78 is 30.7. The van der Waals surface area contributed by atoms with Crippen molar-refractivity contribution in [3.63, 3.8) is 0 Å². The number of rotatable bonds is 9. The standard InChI is InChI=1S/C20H25N3O5S/c1-15(24)21-16-7-4-8-17(13-16)22-20(25)11-6-12-23(29(3,26)27)18-9-5-10-19(14-18)28-2/h4-5,7-10,13-14H,6,11-12H2,1-3H3,(H,21,24)(H,22,25). The summed E-state index contributed by atoms with van der Waals surface area (Å²) in [5.74, 6) is 0.101.